The molecule has 2 aromatic rings. The van der Waals surface area contributed by atoms with Crippen molar-refractivity contribution in [2.45, 2.75) is 29.4 Å². The van der Waals surface area contributed by atoms with E-state index in [4.69, 9.17) is 23.1 Å². The zero-order chi connectivity index (χ0) is 18.2. The SMILES string of the molecule is CCc1ccc(C2C(S(=O)(=O)c3ccc(Cl)cc3)C2(CN)CN)cc1. The van der Waals surface area contributed by atoms with Gasteiger partial charge in [-0.05, 0) is 41.8 Å². The quantitative estimate of drug-likeness (QED) is 0.809. The van der Waals surface area contributed by atoms with Gasteiger partial charge in [0.25, 0.3) is 0 Å². The molecule has 0 spiro atoms. The lowest BCUT2D eigenvalue weighted by Crippen LogP contribution is -2.31. The lowest BCUT2D eigenvalue weighted by molar-refractivity contribution is 0.510. The molecule has 1 aliphatic carbocycles. The van der Waals surface area contributed by atoms with E-state index >= 15 is 0 Å². The minimum Gasteiger partial charge on any atom is -0.330 e. The van der Waals surface area contributed by atoms with Crippen LogP contribution < -0.4 is 11.5 Å². The van der Waals surface area contributed by atoms with E-state index in [1.165, 1.54) is 5.56 Å². The van der Waals surface area contributed by atoms with Gasteiger partial charge >= 0.3 is 0 Å². The Kier molecular flexibility index (Phi) is 4.95. The van der Waals surface area contributed by atoms with Gasteiger partial charge in [0.1, 0.15) is 0 Å². The van der Waals surface area contributed by atoms with Gasteiger partial charge in [0.05, 0.1) is 10.1 Å². The Balaban J connectivity index is 2.02. The average Bonchev–Trinajstić information content (AvgIpc) is 3.33. The fraction of sp³-hybridized carbons (Fsp3) is 0.368. The van der Waals surface area contributed by atoms with E-state index in [0.29, 0.717) is 5.02 Å². The van der Waals surface area contributed by atoms with Crippen molar-refractivity contribution in [2.24, 2.45) is 16.9 Å². The first kappa shape index (κ1) is 18.4. The minimum atomic E-state index is -3.55. The third-order valence-electron chi connectivity index (χ3n) is 5.36. The van der Waals surface area contributed by atoms with Crippen LogP contribution >= 0.6 is 11.6 Å². The number of hydrogen-bond acceptors (Lipinski definition) is 4. The lowest BCUT2D eigenvalue weighted by atomic mass is 9.98. The predicted molar refractivity (Wildman–Crippen MR) is 102 cm³/mol. The summed E-state index contributed by atoms with van der Waals surface area (Å²) in [7, 11) is -3.55. The maximum Gasteiger partial charge on any atom is 0.182 e. The van der Waals surface area contributed by atoms with Crippen LogP contribution in [0.4, 0.5) is 0 Å². The normalized spacial score (nSPS) is 21.9. The second-order valence-electron chi connectivity index (χ2n) is 6.63. The monoisotopic (exact) mass is 378 g/mol. The predicted octanol–water partition coefficient (Wildman–Crippen LogP) is 2.75. The molecule has 25 heavy (non-hydrogen) atoms. The van der Waals surface area contributed by atoms with Crippen LogP contribution in [-0.4, -0.2) is 26.8 Å². The molecular weight excluding hydrogens is 356 g/mol. The molecule has 4 N–H and O–H groups in total. The smallest absolute Gasteiger partial charge is 0.182 e. The van der Waals surface area contributed by atoms with Gasteiger partial charge in [-0.15, -0.1) is 0 Å². The summed E-state index contributed by atoms with van der Waals surface area (Å²) >= 11 is 5.89. The van der Waals surface area contributed by atoms with Crippen molar-refractivity contribution in [3.05, 3.63) is 64.7 Å². The molecule has 1 saturated carbocycles. The molecule has 3 rings (SSSR count). The third kappa shape index (κ3) is 2.99. The third-order valence-corrected chi connectivity index (χ3v) is 7.95. The number of benzene rings is 2. The number of nitrogens with two attached hydrogens (primary N) is 2. The zero-order valence-corrected chi connectivity index (χ0v) is 15.7. The van der Waals surface area contributed by atoms with Crippen molar-refractivity contribution in [1.29, 1.82) is 0 Å². The van der Waals surface area contributed by atoms with E-state index in [9.17, 15) is 8.42 Å². The van der Waals surface area contributed by atoms with Crippen LogP contribution in [0.2, 0.25) is 5.02 Å². The summed E-state index contributed by atoms with van der Waals surface area (Å²) in [4.78, 5) is 0.265. The van der Waals surface area contributed by atoms with Gasteiger partial charge in [-0.3, -0.25) is 0 Å². The summed E-state index contributed by atoms with van der Waals surface area (Å²) in [6, 6.07) is 14.4. The molecule has 2 atom stereocenters. The maximum absolute atomic E-state index is 13.2. The molecule has 0 heterocycles. The molecule has 0 amide bonds. The molecule has 0 aromatic heterocycles. The van der Waals surface area contributed by atoms with Crippen molar-refractivity contribution in [3.8, 4) is 0 Å². The van der Waals surface area contributed by atoms with E-state index in [1.807, 2.05) is 24.3 Å². The number of halogens is 1. The highest BCUT2D eigenvalue weighted by Gasteiger charge is 2.69. The molecule has 2 aromatic carbocycles. The first-order chi connectivity index (χ1) is 11.9. The van der Waals surface area contributed by atoms with Crippen LogP contribution in [0.25, 0.3) is 0 Å². The van der Waals surface area contributed by atoms with E-state index < -0.39 is 20.5 Å². The van der Waals surface area contributed by atoms with Crippen LogP contribution in [0.15, 0.2) is 53.4 Å². The highest BCUT2D eigenvalue weighted by Crippen LogP contribution is 2.62. The molecule has 134 valence electrons. The van der Waals surface area contributed by atoms with Gasteiger partial charge in [0.15, 0.2) is 9.84 Å². The molecule has 0 saturated heterocycles. The van der Waals surface area contributed by atoms with Crippen LogP contribution in [0.5, 0.6) is 0 Å². The standard InChI is InChI=1S/C19H23ClN2O2S/c1-2-13-3-5-14(6-4-13)17-18(19(17,11-21)12-22)25(23,24)16-9-7-15(20)8-10-16/h3-10,17-18H,2,11-12,21-22H2,1H3. The van der Waals surface area contributed by atoms with Crippen LogP contribution in [0.1, 0.15) is 24.0 Å². The van der Waals surface area contributed by atoms with Gasteiger partial charge in [0, 0.05) is 29.4 Å². The van der Waals surface area contributed by atoms with Crippen molar-refractivity contribution in [1.82, 2.24) is 0 Å². The van der Waals surface area contributed by atoms with Crippen molar-refractivity contribution in [3.63, 3.8) is 0 Å². The van der Waals surface area contributed by atoms with Crippen molar-refractivity contribution >= 4 is 21.4 Å². The maximum atomic E-state index is 13.2. The van der Waals surface area contributed by atoms with Gasteiger partial charge < -0.3 is 11.5 Å². The lowest BCUT2D eigenvalue weighted by Gasteiger charge is -2.13. The van der Waals surface area contributed by atoms with Crippen molar-refractivity contribution < 1.29 is 8.42 Å². The summed E-state index contributed by atoms with van der Waals surface area (Å²) in [6.45, 7) is 2.56. The first-order valence-corrected chi connectivity index (χ1v) is 10.3. The second-order valence-corrected chi connectivity index (χ2v) is 9.14. The fourth-order valence-corrected chi connectivity index (χ4v) is 6.35. The second kappa shape index (κ2) is 6.72. The molecule has 0 aliphatic heterocycles. The van der Waals surface area contributed by atoms with E-state index in [-0.39, 0.29) is 23.9 Å². The summed E-state index contributed by atoms with van der Waals surface area (Å²) in [5, 5.41) is -0.103. The van der Waals surface area contributed by atoms with Gasteiger partial charge in [0.2, 0.25) is 0 Å². The first-order valence-electron chi connectivity index (χ1n) is 8.39. The molecule has 0 bridgehead atoms. The fourth-order valence-electron chi connectivity index (χ4n) is 3.75. The Hall–Kier alpha value is -1.40. The average molecular weight is 379 g/mol. The largest absolute Gasteiger partial charge is 0.330 e. The highest BCUT2D eigenvalue weighted by atomic mass is 35.5. The summed E-state index contributed by atoms with van der Waals surface area (Å²) in [5.74, 6) is -0.186. The molecule has 1 fully saturated rings. The Morgan fingerprint density at radius 3 is 2.04 bits per heavy atom. The Bertz CT molecular complexity index is 844. The Labute approximate surface area is 154 Å². The van der Waals surface area contributed by atoms with Crippen LogP contribution in [-0.2, 0) is 16.3 Å². The topological polar surface area (TPSA) is 86.2 Å². The Morgan fingerprint density at radius 2 is 1.56 bits per heavy atom. The number of rotatable bonds is 6. The summed E-state index contributed by atoms with van der Waals surface area (Å²) in [6.07, 6.45) is 0.941. The van der Waals surface area contributed by atoms with Gasteiger partial charge in [-0.25, -0.2) is 8.42 Å². The van der Waals surface area contributed by atoms with E-state index in [0.717, 1.165) is 12.0 Å². The summed E-state index contributed by atoms with van der Waals surface area (Å²) < 4.78 is 26.4. The number of hydrogen-bond donors (Lipinski definition) is 2. The Morgan fingerprint density at radius 1 is 1.00 bits per heavy atom. The molecular formula is C19H23ClN2O2S. The van der Waals surface area contributed by atoms with Crippen molar-refractivity contribution in [2.75, 3.05) is 13.1 Å². The molecule has 1 aliphatic rings. The van der Waals surface area contributed by atoms with Crippen LogP contribution in [0.3, 0.4) is 0 Å². The van der Waals surface area contributed by atoms with E-state index in [1.54, 1.807) is 24.3 Å². The molecule has 6 heteroatoms. The summed E-state index contributed by atoms with van der Waals surface area (Å²) in [5.41, 5.74) is 13.6. The molecule has 2 unspecified atom stereocenters. The minimum absolute atomic E-state index is 0.186. The number of aryl methyl sites for hydroxylation is 1. The zero-order valence-electron chi connectivity index (χ0n) is 14.2. The van der Waals surface area contributed by atoms with Gasteiger partial charge in [-0.2, -0.15) is 0 Å². The van der Waals surface area contributed by atoms with E-state index in [2.05, 4.69) is 6.92 Å². The van der Waals surface area contributed by atoms with Gasteiger partial charge in [-0.1, -0.05) is 42.8 Å². The van der Waals surface area contributed by atoms with Crippen LogP contribution in [0, 0.1) is 5.41 Å². The highest BCUT2D eigenvalue weighted by molar-refractivity contribution is 7.92. The number of sulfone groups is 1. The molecule has 4 nitrogen and oxygen atoms in total. The molecule has 0 radical (unpaired) electrons.